The summed E-state index contributed by atoms with van der Waals surface area (Å²) in [7, 11) is 1.54. The maximum atomic E-state index is 12.8. The first-order chi connectivity index (χ1) is 12.5. The van der Waals surface area contributed by atoms with Crippen molar-refractivity contribution >= 4 is 27.6 Å². The summed E-state index contributed by atoms with van der Waals surface area (Å²) in [6, 6.07) is 16.2. The minimum absolute atomic E-state index is 0.214. The van der Waals surface area contributed by atoms with Crippen LogP contribution in [-0.2, 0) is 7.05 Å². The van der Waals surface area contributed by atoms with Gasteiger partial charge in [0.25, 0.3) is 11.5 Å². The average Bonchev–Trinajstić information content (AvgIpc) is 3.09. The molecular weight excluding hydrogens is 330 g/mol. The molecule has 0 spiro atoms. The van der Waals surface area contributed by atoms with Crippen molar-refractivity contribution in [3.8, 4) is 0 Å². The fourth-order valence-electron chi connectivity index (χ4n) is 3.02. The zero-order valence-electron chi connectivity index (χ0n) is 14.4. The summed E-state index contributed by atoms with van der Waals surface area (Å²) in [6.07, 6.45) is 0. The van der Waals surface area contributed by atoms with Crippen LogP contribution in [0, 0.1) is 0 Å². The molecule has 2 aromatic heterocycles. The molecule has 4 rings (SSSR count). The van der Waals surface area contributed by atoms with E-state index in [0.717, 1.165) is 11.0 Å². The monoisotopic (exact) mass is 347 g/mol. The van der Waals surface area contributed by atoms with Gasteiger partial charge in [-0.3, -0.25) is 9.59 Å². The van der Waals surface area contributed by atoms with Crippen LogP contribution < -0.4 is 10.9 Å². The molecule has 0 aliphatic heterocycles. The second-order valence-corrected chi connectivity index (χ2v) is 6.20. The molecular formula is C20H17N3O3. The summed E-state index contributed by atoms with van der Waals surface area (Å²) in [4.78, 5) is 25.0. The second-order valence-electron chi connectivity index (χ2n) is 6.20. The van der Waals surface area contributed by atoms with Gasteiger partial charge in [-0.25, -0.2) is 4.68 Å². The number of para-hydroxylation sites is 1. The molecule has 0 fully saturated rings. The van der Waals surface area contributed by atoms with Crippen LogP contribution in [0.5, 0.6) is 0 Å². The Hall–Kier alpha value is -3.41. The number of benzene rings is 2. The Morgan fingerprint density at radius 3 is 2.58 bits per heavy atom. The molecule has 0 unspecified atom stereocenters. The minimum Gasteiger partial charge on any atom is -0.459 e. The van der Waals surface area contributed by atoms with Crippen molar-refractivity contribution in [2.24, 2.45) is 7.05 Å². The maximum absolute atomic E-state index is 12.8. The molecule has 0 saturated carbocycles. The molecule has 0 bridgehead atoms. The first-order valence-electron chi connectivity index (χ1n) is 8.30. The van der Waals surface area contributed by atoms with Gasteiger partial charge in [-0.15, -0.1) is 0 Å². The third kappa shape index (κ3) is 2.65. The van der Waals surface area contributed by atoms with Crippen LogP contribution in [0.25, 0.3) is 21.7 Å². The third-order valence-electron chi connectivity index (χ3n) is 4.39. The van der Waals surface area contributed by atoms with E-state index in [1.54, 1.807) is 24.3 Å². The van der Waals surface area contributed by atoms with Crippen LogP contribution >= 0.6 is 0 Å². The van der Waals surface area contributed by atoms with E-state index in [1.807, 2.05) is 37.3 Å². The number of hydrogen-bond donors (Lipinski definition) is 1. The van der Waals surface area contributed by atoms with Crippen molar-refractivity contribution in [1.29, 1.82) is 0 Å². The molecule has 1 N–H and O–H groups in total. The zero-order valence-corrected chi connectivity index (χ0v) is 14.4. The fraction of sp³-hybridized carbons (Fsp3) is 0.150. The third-order valence-corrected chi connectivity index (χ3v) is 4.39. The van der Waals surface area contributed by atoms with E-state index >= 15 is 0 Å². The van der Waals surface area contributed by atoms with E-state index in [2.05, 4.69) is 10.4 Å². The van der Waals surface area contributed by atoms with Crippen LogP contribution in [0.2, 0.25) is 0 Å². The van der Waals surface area contributed by atoms with Crippen molar-refractivity contribution in [2.45, 2.75) is 13.0 Å². The standard InChI is InChI=1S/C20H17N3O3/c1-12(17-11-13-7-3-6-10-16(13)26-17)21-19(24)18-14-8-4-5-9-15(14)20(25)23(2)22-18/h3-12H,1-2H3,(H,21,24)/t12-/m0/s1. The lowest BCUT2D eigenvalue weighted by atomic mass is 10.1. The van der Waals surface area contributed by atoms with Gasteiger partial charge in [0, 0.05) is 17.8 Å². The number of nitrogens with one attached hydrogen (secondary N) is 1. The normalized spacial score (nSPS) is 12.4. The van der Waals surface area contributed by atoms with Crippen LogP contribution in [0.1, 0.15) is 29.2 Å². The van der Waals surface area contributed by atoms with Crippen molar-refractivity contribution < 1.29 is 9.21 Å². The van der Waals surface area contributed by atoms with Crippen molar-refractivity contribution in [3.05, 3.63) is 76.4 Å². The summed E-state index contributed by atoms with van der Waals surface area (Å²) >= 11 is 0. The number of amides is 1. The Labute approximate surface area is 149 Å². The van der Waals surface area contributed by atoms with Crippen LogP contribution in [-0.4, -0.2) is 15.7 Å². The number of aromatic nitrogens is 2. The largest absolute Gasteiger partial charge is 0.459 e. The minimum atomic E-state index is -0.357. The number of furan rings is 1. The topological polar surface area (TPSA) is 77.1 Å². The van der Waals surface area contributed by atoms with Gasteiger partial charge in [-0.2, -0.15) is 5.10 Å². The smallest absolute Gasteiger partial charge is 0.274 e. The van der Waals surface area contributed by atoms with Gasteiger partial charge in [0.2, 0.25) is 0 Å². The summed E-state index contributed by atoms with van der Waals surface area (Å²) in [5.74, 6) is 0.304. The predicted octanol–water partition coefficient (Wildman–Crippen LogP) is 3.17. The Morgan fingerprint density at radius 2 is 1.81 bits per heavy atom. The molecule has 0 aliphatic carbocycles. The van der Waals surface area contributed by atoms with E-state index in [1.165, 1.54) is 11.7 Å². The highest BCUT2D eigenvalue weighted by Crippen LogP contribution is 2.24. The molecule has 2 aromatic carbocycles. The van der Waals surface area contributed by atoms with E-state index in [0.29, 0.717) is 16.5 Å². The lowest BCUT2D eigenvalue weighted by molar-refractivity contribution is 0.0930. The number of hydrogen-bond acceptors (Lipinski definition) is 4. The second kappa shape index (κ2) is 6.15. The summed E-state index contributed by atoms with van der Waals surface area (Å²) in [5, 5.41) is 9.03. The number of rotatable bonds is 3. The molecule has 0 aliphatic rings. The highest BCUT2D eigenvalue weighted by atomic mass is 16.3. The lowest BCUT2D eigenvalue weighted by Gasteiger charge is -2.13. The van der Waals surface area contributed by atoms with Gasteiger partial charge in [-0.1, -0.05) is 36.4 Å². The van der Waals surface area contributed by atoms with Gasteiger partial charge in [0.1, 0.15) is 11.3 Å². The summed E-state index contributed by atoms with van der Waals surface area (Å²) in [5.41, 5.74) is 0.752. The van der Waals surface area contributed by atoms with Crippen molar-refractivity contribution in [1.82, 2.24) is 15.1 Å². The van der Waals surface area contributed by atoms with E-state index in [4.69, 9.17) is 4.42 Å². The SMILES string of the molecule is C[C@H](NC(=O)c1nn(C)c(=O)c2ccccc12)c1cc2ccccc2o1. The van der Waals surface area contributed by atoms with Crippen molar-refractivity contribution in [3.63, 3.8) is 0 Å². The fourth-order valence-corrected chi connectivity index (χ4v) is 3.02. The average molecular weight is 347 g/mol. The van der Waals surface area contributed by atoms with E-state index in [9.17, 15) is 9.59 Å². The molecule has 0 saturated heterocycles. The highest BCUT2D eigenvalue weighted by molar-refractivity contribution is 6.04. The molecule has 0 radical (unpaired) electrons. The van der Waals surface area contributed by atoms with Gasteiger partial charge in [0.05, 0.1) is 11.4 Å². The molecule has 2 heterocycles. The summed E-state index contributed by atoms with van der Waals surface area (Å²) in [6.45, 7) is 1.85. The van der Waals surface area contributed by atoms with Gasteiger partial charge < -0.3 is 9.73 Å². The van der Waals surface area contributed by atoms with E-state index < -0.39 is 0 Å². The van der Waals surface area contributed by atoms with Gasteiger partial charge in [0.15, 0.2) is 5.69 Å². The van der Waals surface area contributed by atoms with Crippen LogP contribution in [0.15, 0.2) is 63.8 Å². The summed E-state index contributed by atoms with van der Waals surface area (Å²) < 4.78 is 6.99. The molecule has 6 heteroatoms. The lowest BCUT2D eigenvalue weighted by Crippen LogP contribution is -2.31. The molecule has 26 heavy (non-hydrogen) atoms. The van der Waals surface area contributed by atoms with Gasteiger partial charge in [-0.05, 0) is 25.1 Å². The van der Waals surface area contributed by atoms with Crippen molar-refractivity contribution in [2.75, 3.05) is 0 Å². The molecule has 1 amide bonds. The molecule has 4 aromatic rings. The predicted molar refractivity (Wildman–Crippen MR) is 99.1 cm³/mol. The van der Waals surface area contributed by atoms with Crippen LogP contribution in [0.3, 0.4) is 0 Å². The first kappa shape index (κ1) is 16.1. The number of aryl methyl sites for hydroxylation is 1. The Kier molecular flexibility index (Phi) is 3.80. The van der Waals surface area contributed by atoms with Crippen LogP contribution in [0.4, 0.5) is 0 Å². The Morgan fingerprint density at radius 1 is 1.12 bits per heavy atom. The molecule has 1 atom stereocenters. The zero-order chi connectivity index (χ0) is 18.3. The number of carbonyl (C=O) groups excluding carboxylic acids is 1. The van der Waals surface area contributed by atoms with E-state index in [-0.39, 0.29) is 23.2 Å². The molecule has 6 nitrogen and oxygen atoms in total. The number of fused-ring (bicyclic) bond motifs is 2. The Balaban J connectivity index is 1.69. The number of nitrogens with zero attached hydrogens (tertiary/aromatic N) is 2. The highest BCUT2D eigenvalue weighted by Gasteiger charge is 2.19. The first-order valence-corrected chi connectivity index (χ1v) is 8.30. The Bertz CT molecular complexity index is 1160. The van der Waals surface area contributed by atoms with Gasteiger partial charge >= 0.3 is 0 Å². The molecule has 130 valence electrons. The maximum Gasteiger partial charge on any atom is 0.274 e. The quantitative estimate of drug-likeness (QED) is 0.617. The number of carbonyl (C=O) groups is 1.